The first-order valence-corrected chi connectivity index (χ1v) is 6.09. The van der Waals surface area contributed by atoms with Crippen LogP contribution in [0.15, 0.2) is 15.5 Å². The Morgan fingerprint density at radius 3 is 3.00 bits per heavy atom. The molecule has 108 valence electrons. The Morgan fingerprint density at radius 1 is 1.48 bits per heavy atom. The van der Waals surface area contributed by atoms with Crippen LogP contribution in [0.1, 0.15) is 34.9 Å². The summed E-state index contributed by atoms with van der Waals surface area (Å²) in [7, 11) is 0. The number of amides is 1. The summed E-state index contributed by atoms with van der Waals surface area (Å²) in [6.07, 6.45) is 1.22. The number of nitrogens with zero attached hydrogens (tertiary/aromatic N) is 4. The van der Waals surface area contributed by atoms with Gasteiger partial charge in [-0.1, -0.05) is 5.21 Å². The van der Waals surface area contributed by atoms with Crippen LogP contribution in [0.4, 0.5) is 0 Å². The topological polar surface area (TPSA) is 142 Å². The monoisotopic (exact) mass is 289 g/mol. The summed E-state index contributed by atoms with van der Waals surface area (Å²) in [6.45, 7) is 3.29. The number of hydrogen-bond donors (Lipinski definition) is 3. The number of tetrazole rings is 1. The van der Waals surface area contributed by atoms with Crippen molar-refractivity contribution in [3.63, 3.8) is 0 Å². The summed E-state index contributed by atoms with van der Waals surface area (Å²) >= 11 is 0. The van der Waals surface area contributed by atoms with Crippen LogP contribution in [0, 0.1) is 6.92 Å². The van der Waals surface area contributed by atoms with E-state index in [1.165, 1.54) is 6.33 Å². The Bertz CT molecular complexity index is 848. The molecule has 0 radical (unpaired) electrons. The van der Waals surface area contributed by atoms with E-state index in [2.05, 4.69) is 35.9 Å². The molecule has 10 heteroatoms. The number of carbonyl (C=O) groups excluding carboxylic acids is 1. The van der Waals surface area contributed by atoms with Gasteiger partial charge in [-0.25, -0.2) is 4.98 Å². The minimum atomic E-state index is -0.476. The maximum absolute atomic E-state index is 12.4. The van der Waals surface area contributed by atoms with E-state index in [9.17, 15) is 9.59 Å². The molecule has 3 aromatic rings. The quantitative estimate of drug-likeness (QED) is 0.607. The van der Waals surface area contributed by atoms with Crippen LogP contribution in [0.3, 0.4) is 0 Å². The molecule has 3 N–H and O–H groups in total. The van der Waals surface area contributed by atoms with Crippen molar-refractivity contribution in [3.8, 4) is 0 Å². The third-order valence-electron chi connectivity index (χ3n) is 2.99. The lowest BCUT2D eigenvalue weighted by Crippen LogP contribution is -2.28. The van der Waals surface area contributed by atoms with Gasteiger partial charge in [-0.05, 0) is 13.8 Å². The highest BCUT2D eigenvalue weighted by Crippen LogP contribution is 2.21. The van der Waals surface area contributed by atoms with E-state index in [-0.39, 0.29) is 16.7 Å². The molecule has 0 aliphatic carbocycles. The number of furan rings is 1. The normalized spacial score (nSPS) is 12.5. The van der Waals surface area contributed by atoms with Crippen molar-refractivity contribution >= 4 is 17.0 Å². The Balaban J connectivity index is 1.99. The second-order valence-electron chi connectivity index (χ2n) is 4.41. The molecule has 1 atom stereocenters. The van der Waals surface area contributed by atoms with E-state index in [0.29, 0.717) is 11.6 Å². The average molecular weight is 289 g/mol. The van der Waals surface area contributed by atoms with Crippen molar-refractivity contribution in [1.29, 1.82) is 0 Å². The summed E-state index contributed by atoms with van der Waals surface area (Å²) in [4.78, 5) is 30.5. The molecule has 0 fully saturated rings. The molecule has 0 aromatic carbocycles. The van der Waals surface area contributed by atoms with Crippen molar-refractivity contribution in [2.75, 3.05) is 0 Å². The fourth-order valence-corrected chi connectivity index (χ4v) is 2.01. The third kappa shape index (κ3) is 2.16. The number of hydrogen-bond acceptors (Lipinski definition) is 7. The zero-order valence-corrected chi connectivity index (χ0v) is 11.2. The summed E-state index contributed by atoms with van der Waals surface area (Å²) in [5, 5.41) is 16.1. The Labute approximate surface area is 117 Å². The molecule has 21 heavy (non-hydrogen) atoms. The van der Waals surface area contributed by atoms with E-state index >= 15 is 0 Å². The summed E-state index contributed by atoms with van der Waals surface area (Å²) in [5.41, 5.74) is -0.169. The maximum atomic E-state index is 12.4. The predicted molar refractivity (Wildman–Crippen MR) is 69.4 cm³/mol. The first-order valence-electron chi connectivity index (χ1n) is 6.09. The smallest absolute Gasteiger partial charge is 0.262 e. The van der Waals surface area contributed by atoms with Crippen LogP contribution in [0.25, 0.3) is 11.1 Å². The molecule has 3 rings (SSSR count). The lowest BCUT2D eigenvalue weighted by atomic mass is 10.1. The van der Waals surface area contributed by atoms with Gasteiger partial charge in [0.1, 0.15) is 11.1 Å². The molecule has 0 spiro atoms. The van der Waals surface area contributed by atoms with Crippen LogP contribution in [-0.2, 0) is 0 Å². The molecule has 0 aliphatic heterocycles. The van der Waals surface area contributed by atoms with Gasteiger partial charge in [0.05, 0.1) is 17.9 Å². The highest BCUT2D eigenvalue weighted by molar-refractivity contribution is 6.06. The van der Waals surface area contributed by atoms with Gasteiger partial charge >= 0.3 is 0 Å². The van der Waals surface area contributed by atoms with Crippen LogP contribution in [0.2, 0.25) is 0 Å². The molecular formula is C11H11N7O3. The number of fused-ring (bicyclic) bond motifs is 1. The lowest BCUT2D eigenvalue weighted by molar-refractivity contribution is 0.0938. The van der Waals surface area contributed by atoms with E-state index in [1.54, 1.807) is 13.8 Å². The molecule has 3 aromatic heterocycles. The summed E-state index contributed by atoms with van der Waals surface area (Å²) in [5.74, 6) is 0.176. The van der Waals surface area contributed by atoms with Gasteiger partial charge in [0.25, 0.3) is 11.5 Å². The Hall–Kier alpha value is -3.04. The van der Waals surface area contributed by atoms with Gasteiger partial charge in [0, 0.05) is 0 Å². The molecule has 1 unspecified atom stereocenters. The maximum Gasteiger partial charge on any atom is 0.262 e. The van der Waals surface area contributed by atoms with Gasteiger partial charge < -0.3 is 14.7 Å². The SMILES string of the molecule is Cc1oc2nc[nH]c(=O)c2c1C(=O)NC(C)c1nn[nH]n1. The zero-order chi connectivity index (χ0) is 15.0. The number of H-pyrrole nitrogens is 2. The van der Waals surface area contributed by atoms with Crippen LogP contribution in [0.5, 0.6) is 0 Å². The fraction of sp³-hybridized carbons (Fsp3) is 0.273. The average Bonchev–Trinajstić information content (AvgIpc) is 3.05. The second-order valence-corrected chi connectivity index (χ2v) is 4.41. The highest BCUT2D eigenvalue weighted by atomic mass is 16.3. The number of aromatic amines is 2. The largest absolute Gasteiger partial charge is 0.442 e. The van der Waals surface area contributed by atoms with Crippen LogP contribution >= 0.6 is 0 Å². The minimum absolute atomic E-state index is 0.118. The van der Waals surface area contributed by atoms with E-state index in [1.807, 2.05) is 0 Å². The van der Waals surface area contributed by atoms with Gasteiger partial charge in [0.2, 0.25) is 5.71 Å². The zero-order valence-electron chi connectivity index (χ0n) is 11.2. The van der Waals surface area contributed by atoms with E-state index in [0.717, 1.165) is 0 Å². The lowest BCUT2D eigenvalue weighted by Gasteiger charge is -2.09. The molecular weight excluding hydrogens is 278 g/mol. The molecule has 0 saturated heterocycles. The van der Waals surface area contributed by atoms with Crippen molar-refractivity contribution in [2.45, 2.75) is 19.9 Å². The third-order valence-corrected chi connectivity index (χ3v) is 2.99. The highest BCUT2D eigenvalue weighted by Gasteiger charge is 2.23. The number of aromatic nitrogens is 6. The van der Waals surface area contributed by atoms with Gasteiger partial charge in [-0.2, -0.15) is 5.21 Å². The summed E-state index contributed by atoms with van der Waals surface area (Å²) in [6, 6.07) is -0.476. The van der Waals surface area contributed by atoms with Gasteiger partial charge in [-0.3, -0.25) is 9.59 Å². The van der Waals surface area contributed by atoms with Gasteiger partial charge in [-0.15, -0.1) is 10.2 Å². The number of aryl methyl sites for hydroxylation is 1. The Morgan fingerprint density at radius 2 is 2.29 bits per heavy atom. The molecule has 3 heterocycles. The van der Waals surface area contributed by atoms with Crippen molar-refractivity contribution in [1.82, 2.24) is 35.9 Å². The fourth-order valence-electron chi connectivity index (χ4n) is 2.01. The first-order chi connectivity index (χ1) is 10.1. The Kier molecular flexibility index (Phi) is 2.97. The number of rotatable bonds is 3. The minimum Gasteiger partial charge on any atom is -0.442 e. The van der Waals surface area contributed by atoms with E-state index < -0.39 is 17.5 Å². The summed E-state index contributed by atoms with van der Waals surface area (Å²) < 4.78 is 5.33. The molecule has 0 saturated carbocycles. The van der Waals surface area contributed by atoms with E-state index in [4.69, 9.17) is 4.42 Å². The van der Waals surface area contributed by atoms with Crippen molar-refractivity contribution in [2.24, 2.45) is 0 Å². The van der Waals surface area contributed by atoms with Crippen molar-refractivity contribution in [3.05, 3.63) is 33.8 Å². The van der Waals surface area contributed by atoms with Gasteiger partial charge in [0.15, 0.2) is 5.82 Å². The number of nitrogens with one attached hydrogen (secondary N) is 3. The van der Waals surface area contributed by atoms with Crippen LogP contribution in [-0.4, -0.2) is 36.5 Å². The second kappa shape index (κ2) is 4.81. The molecule has 0 bridgehead atoms. The molecule has 0 aliphatic rings. The standard InChI is InChI=1S/C11H11N7O3/c1-4(8-15-17-18-16-8)14-10(20)6-5(2)21-11-7(6)9(19)12-3-13-11/h3-4H,1-2H3,(H,14,20)(H,12,13,19)(H,15,16,17,18). The van der Waals surface area contributed by atoms with Crippen molar-refractivity contribution < 1.29 is 9.21 Å². The molecule has 10 nitrogen and oxygen atoms in total. The first kappa shape index (κ1) is 13.0. The number of carbonyl (C=O) groups is 1. The molecule has 1 amide bonds. The predicted octanol–water partition coefficient (Wildman–Crippen LogP) is -0.171. The van der Waals surface area contributed by atoms with Crippen LogP contribution < -0.4 is 10.9 Å².